The highest BCUT2D eigenvalue weighted by molar-refractivity contribution is 5.94. The SMILES string of the molecule is CCNCC1CCN(C(=O)c2cccc(C)c2F)CC1. The van der Waals surface area contributed by atoms with Gasteiger partial charge in [-0.15, -0.1) is 0 Å². The fraction of sp³-hybridized carbons (Fsp3) is 0.562. The number of halogens is 1. The van der Waals surface area contributed by atoms with Gasteiger partial charge >= 0.3 is 0 Å². The molecule has 0 bridgehead atoms. The molecule has 1 N–H and O–H groups in total. The Bertz CT molecular complexity index is 468. The molecule has 2 rings (SSSR count). The van der Waals surface area contributed by atoms with Crippen molar-refractivity contribution < 1.29 is 9.18 Å². The molecule has 0 spiro atoms. The number of nitrogens with one attached hydrogen (secondary N) is 1. The van der Waals surface area contributed by atoms with Crippen molar-refractivity contribution in [3.63, 3.8) is 0 Å². The zero-order chi connectivity index (χ0) is 14.5. The van der Waals surface area contributed by atoms with Crippen molar-refractivity contribution >= 4 is 5.91 Å². The van der Waals surface area contributed by atoms with Crippen LogP contribution in [0.1, 0.15) is 35.7 Å². The maximum atomic E-state index is 14.0. The van der Waals surface area contributed by atoms with Gasteiger partial charge in [-0.05, 0) is 50.4 Å². The van der Waals surface area contributed by atoms with Gasteiger partial charge < -0.3 is 10.2 Å². The van der Waals surface area contributed by atoms with Gasteiger partial charge in [0.15, 0.2) is 0 Å². The first-order valence-electron chi connectivity index (χ1n) is 7.38. The van der Waals surface area contributed by atoms with Crippen LogP contribution in [0.15, 0.2) is 18.2 Å². The van der Waals surface area contributed by atoms with Crippen molar-refractivity contribution in [2.24, 2.45) is 5.92 Å². The summed E-state index contributed by atoms with van der Waals surface area (Å²) in [6.45, 7) is 7.23. The van der Waals surface area contributed by atoms with Crippen LogP contribution in [0.5, 0.6) is 0 Å². The van der Waals surface area contributed by atoms with Gasteiger partial charge in [-0.2, -0.15) is 0 Å². The van der Waals surface area contributed by atoms with E-state index in [9.17, 15) is 9.18 Å². The van der Waals surface area contributed by atoms with Crippen molar-refractivity contribution in [1.29, 1.82) is 0 Å². The minimum Gasteiger partial charge on any atom is -0.339 e. The van der Waals surface area contributed by atoms with Crippen LogP contribution in [0, 0.1) is 18.7 Å². The second kappa shape index (κ2) is 6.84. The Balaban J connectivity index is 1.96. The summed E-state index contributed by atoms with van der Waals surface area (Å²) in [5.74, 6) is 0.0710. The first-order valence-corrected chi connectivity index (χ1v) is 7.38. The molecule has 0 aromatic heterocycles. The number of rotatable bonds is 4. The molecule has 20 heavy (non-hydrogen) atoms. The molecule has 1 amide bonds. The first-order chi connectivity index (χ1) is 9.63. The number of carbonyl (C=O) groups is 1. The lowest BCUT2D eigenvalue weighted by Crippen LogP contribution is -2.41. The normalized spacial score (nSPS) is 16.4. The van der Waals surface area contributed by atoms with E-state index in [0.29, 0.717) is 11.5 Å². The highest BCUT2D eigenvalue weighted by Crippen LogP contribution is 2.20. The topological polar surface area (TPSA) is 32.3 Å². The molecule has 1 fully saturated rings. The zero-order valence-electron chi connectivity index (χ0n) is 12.3. The number of amides is 1. The Morgan fingerprint density at radius 2 is 2.10 bits per heavy atom. The molecule has 1 aromatic carbocycles. The minimum absolute atomic E-state index is 0.173. The standard InChI is InChI=1S/C16H23FN2O/c1-3-18-11-13-7-9-19(10-8-13)16(20)14-6-4-5-12(2)15(14)17/h4-6,13,18H,3,7-11H2,1-2H3. The van der Waals surface area contributed by atoms with Gasteiger partial charge in [-0.1, -0.05) is 19.1 Å². The number of hydrogen-bond donors (Lipinski definition) is 1. The average Bonchev–Trinajstić information content (AvgIpc) is 2.48. The molecule has 0 atom stereocenters. The predicted molar refractivity (Wildman–Crippen MR) is 78.3 cm³/mol. The molecule has 1 aliphatic rings. The summed E-state index contributed by atoms with van der Waals surface area (Å²) < 4.78 is 14.0. The molecule has 3 nitrogen and oxygen atoms in total. The van der Waals surface area contributed by atoms with Gasteiger partial charge in [0.2, 0.25) is 0 Å². The van der Waals surface area contributed by atoms with Gasteiger partial charge in [0.25, 0.3) is 5.91 Å². The number of carbonyl (C=O) groups excluding carboxylic acids is 1. The van der Waals surface area contributed by atoms with Crippen LogP contribution < -0.4 is 5.32 Å². The highest BCUT2D eigenvalue weighted by Gasteiger charge is 2.25. The van der Waals surface area contributed by atoms with Crippen molar-refractivity contribution in [3.8, 4) is 0 Å². The largest absolute Gasteiger partial charge is 0.339 e. The maximum absolute atomic E-state index is 14.0. The van der Waals surface area contributed by atoms with Crippen LogP contribution in [0.25, 0.3) is 0 Å². The molecule has 0 unspecified atom stereocenters. The monoisotopic (exact) mass is 278 g/mol. The smallest absolute Gasteiger partial charge is 0.256 e. The van der Waals surface area contributed by atoms with E-state index >= 15 is 0 Å². The van der Waals surface area contributed by atoms with Crippen LogP contribution in [-0.4, -0.2) is 37.0 Å². The summed E-state index contributed by atoms with van der Waals surface area (Å²) in [4.78, 5) is 14.1. The molecule has 1 saturated heterocycles. The quantitative estimate of drug-likeness (QED) is 0.918. The van der Waals surface area contributed by atoms with E-state index < -0.39 is 0 Å². The Labute approximate surface area is 120 Å². The van der Waals surface area contributed by atoms with Crippen molar-refractivity contribution in [3.05, 3.63) is 35.1 Å². The maximum Gasteiger partial charge on any atom is 0.256 e. The molecule has 0 aliphatic carbocycles. The van der Waals surface area contributed by atoms with Gasteiger partial charge in [-0.3, -0.25) is 4.79 Å². The Morgan fingerprint density at radius 3 is 2.75 bits per heavy atom. The lowest BCUT2D eigenvalue weighted by molar-refractivity contribution is 0.0685. The summed E-state index contributed by atoms with van der Waals surface area (Å²) in [7, 11) is 0. The van der Waals surface area contributed by atoms with E-state index in [1.54, 1.807) is 30.0 Å². The fourth-order valence-corrected chi connectivity index (χ4v) is 2.67. The molecule has 0 radical (unpaired) electrons. The molecule has 1 aliphatic heterocycles. The fourth-order valence-electron chi connectivity index (χ4n) is 2.67. The third-order valence-corrected chi connectivity index (χ3v) is 4.01. The summed E-state index contributed by atoms with van der Waals surface area (Å²) >= 11 is 0. The predicted octanol–water partition coefficient (Wildman–Crippen LogP) is 2.60. The second-order valence-corrected chi connectivity index (χ2v) is 5.48. The van der Waals surface area contributed by atoms with Gasteiger partial charge in [0.1, 0.15) is 5.82 Å². The minimum atomic E-state index is -0.382. The van der Waals surface area contributed by atoms with E-state index in [0.717, 1.165) is 39.0 Å². The van der Waals surface area contributed by atoms with Crippen LogP contribution in [-0.2, 0) is 0 Å². The molecular formula is C16H23FN2O. The van der Waals surface area contributed by atoms with Gasteiger partial charge in [-0.25, -0.2) is 4.39 Å². The van der Waals surface area contributed by atoms with Gasteiger partial charge in [0, 0.05) is 13.1 Å². The molecular weight excluding hydrogens is 255 g/mol. The molecule has 0 saturated carbocycles. The highest BCUT2D eigenvalue weighted by atomic mass is 19.1. The van der Waals surface area contributed by atoms with E-state index in [1.165, 1.54) is 0 Å². The lowest BCUT2D eigenvalue weighted by Gasteiger charge is -2.32. The number of piperidine rings is 1. The van der Waals surface area contributed by atoms with Gasteiger partial charge in [0.05, 0.1) is 5.56 Å². The first kappa shape index (κ1) is 15.0. The lowest BCUT2D eigenvalue weighted by atomic mass is 9.96. The van der Waals surface area contributed by atoms with E-state index in [4.69, 9.17) is 0 Å². The number of hydrogen-bond acceptors (Lipinski definition) is 2. The number of nitrogens with zero attached hydrogens (tertiary/aromatic N) is 1. The molecule has 1 heterocycles. The number of likely N-dealkylation sites (tertiary alicyclic amines) is 1. The average molecular weight is 278 g/mol. The zero-order valence-corrected chi connectivity index (χ0v) is 12.3. The third-order valence-electron chi connectivity index (χ3n) is 4.01. The van der Waals surface area contributed by atoms with E-state index in [2.05, 4.69) is 12.2 Å². The molecule has 4 heteroatoms. The number of aryl methyl sites for hydroxylation is 1. The van der Waals surface area contributed by atoms with Crippen molar-refractivity contribution in [2.75, 3.05) is 26.2 Å². The Kier molecular flexibility index (Phi) is 5.12. The second-order valence-electron chi connectivity index (χ2n) is 5.48. The van der Waals surface area contributed by atoms with Crippen LogP contribution in [0.4, 0.5) is 4.39 Å². The van der Waals surface area contributed by atoms with E-state index in [1.807, 2.05) is 0 Å². The molecule has 110 valence electrons. The summed E-state index contributed by atoms with van der Waals surface area (Å²) in [6, 6.07) is 5.01. The van der Waals surface area contributed by atoms with Crippen molar-refractivity contribution in [1.82, 2.24) is 10.2 Å². The molecule has 1 aromatic rings. The summed E-state index contributed by atoms with van der Waals surface area (Å²) in [5, 5.41) is 3.35. The summed E-state index contributed by atoms with van der Waals surface area (Å²) in [5.41, 5.74) is 0.730. The third kappa shape index (κ3) is 3.37. The van der Waals surface area contributed by atoms with Crippen molar-refractivity contribution in [2.45, 2.75) is 26.7 Å². The van der Waals surface area contributed by atoms with Crippen LogP contribution in [0.3, 0.4) is 0 Å². The van der Waals surface area contributed by atoms with E-state index in [-0.39, 0.29) is 17.3 Å². The summed E-state index contributed by atoms with van der Waals surface area (Å²) in [6.07, 6.45) is 1.98. The number of benzene rings is 1. The Hall–Kier alpha value is -1.42. The Morgan fingerprint density at radius 1 is 1.40 bits per heavy atom. The van der Waals surface area contributed by atoms with Crippen LogP contribution in [0.2, 0.25) is 0 Å². The van der Waals surface area contributed by atoms with Crippen LogP contribution >= 0.6 is 0 Å².